The molecule has 2 rings (SSSR count). The predicted molar refractivity (Wildman–Crippen MR) is 67.4 cm³/mol. The molecule has 0 radical (unpaired) electrons. The topological polar surface area (TPSA) is 51.3 Å². The number of hydrogen-bond acceptors (Lipinski definition) is 3. The Balaban J connectivity index is 2.24. The average molecular weight is 232 g/mol. The van der Waals surface area contributed by atoms with Crippen molar-refractivity contribution in [2.24, 2.45) is 4.99 Å². The molecule has 0 aliphatic carbocycles. The van der Waals surface area contributed by atoms with E-state index in [0.717, 1.165) is 5.56 Å². The summed E-state index contributed by atoms with van der Waals surface area (Å²) in [4.78, 5) is 8.16. The SMILES string of the molecule is Nc1nc(Cl)ccc1N=Cc1ccccc1. The summed E-state index contributed by atoms with van der Waals surface area (Å²) in [5.74, 6) is 0.333. The second kappa shape index (κ2) is 4.77. The number of nitrogens with two attached hydrogens (primary N) is 1. The molecule has 2 N–H and O–H groups in total. The van der Waals surface area contributed by atoms with E-state index >= 15 is 0 Å². The summed E-state index contributed by atoms with van der Waals surface area (Å²) in [6.07, 6.45) is 1.74. The minimum Gasteiger partial charge on any atom is -0.382 e. The average Bonchev–Trinajstić information content (AvgIpc) is 2.29. The lowest BCUT2D eigenvalue weighted by Crippen LogP contribution is -1.90. The van der Waals surface area contributed by atoms with Crippen molar-refractivity contribution in [1.82, 2.24) is 4.98 Å². The van der Waals surface area contributed by atoms with E-state index in [1.807, 2.05) is 30.3 Å². The van der Waals surface area contributed by atoms with Crippen molar-refractivity contribution in [1.29, 1.82) is 0 Å². The molecule has 16 heavy (non-hydrogen) atoms. The van der Waals surface area contributed by atoms with E-state index in [1.165, 1.54) is 0 Å². The van der Waals surface area contributed by atoms with Crippen molar-refractivity contribution in [2.45, 2.75) is 0 Å². The van der Waals surface area contributed by atoms with Gasteiger partial charge in [0.1, 0.15) is 10.8 Å². The maximum absolute atomic E-state index is 5.69. The Hall–Kier alpha value is -1.87. The van der Waals surface area contributed by atoms with Crippen molar-refractivity contribution in [2.75, 3.05) is 5.73 Å². The molecule has 4 heteroatoms. The molecule has 1 heterocycles. The fraction of sp³-hybridized carbons (Fsp3) is 0. The molecule has 2 aromatic rings. The lowest BCUT2D eigenvalue weighted by Gasteiger charge is -1.98. The molecule has 0 atom stereocenters. The van der Waals surface area contributed by atoms with Crippen LogP contribution in [0.2, 0.25) is 5.15 Å². The van der Waals surface area contributed by atoms with Crippen molar-refractivity contribution in [3.8, 4) is 0 Å². The zero-order valence-electron chi connectivity index (χ0n) is 8.47. The van der Waals surface area contributed by atoms with Gasteiger partial charge in [-0.05, 0) is 17.7 Å². The highest BCUT2D eigenvalue weighted by Crippen LogP contribution is 2.21. The minimum absolute atomic E-state index is 0.333. The largest absolute Gasteiger partial charge is 0.382 e. The van der Waals surface area contributed by atoms with Gasteiger partial charge in [0.15, 0.2) is 5.82 Å². The molecule has 0 unspecified atom stereocenters. The molecule has 0 bridgehead atoms. The standard InChI is InChI=1S/C12H10ClN3/c13-11-7-6-10(12(14)16-11)15-8-9-4-2-1-3-5-9/h1-8H,(H2,14,16). The maximum atomic E-state index is 5.69. The minimum atomic E-state index is 0.333. The van der Waals surface area contributed by atoms with E-state index in [0.29, 0.717) is 16.7 Å². The number of halogens is 1. The van der Waals surface area contributed by atoms with Gasteiger partial charge in [-0.1, -0.05) is 41.9 Å². The summed E-state index contributed by atoms with van der Waals surface area (Å²) in [5.41, 5.74) is 7.31. The molecular weight excluding hydrogens is 222 g/mol. The van der Waals surface area contributed by atoms with Crippen LogP contribution in [-0.4, -0.2) is 11.2 Å². The van der Waals surface area contributed by atoms with Crippen molar-refractivity contribution < 1.29 is 0 Å². The smallest absolute Gasteiger partial charge is 0.151 e. The molecule has 0 spiro atoms. The molecule has 0 aliphatic heterocycles. The highest BCUT2D eigenvalue weighted by atomic mass is 35.5. The van der Waals surface area contributed by atoms with Gasteiger partial charge in [-0.2, -0.15) is 0 Å². The molecule has 1 aromatic heterocycles. The zero-order chi connectivity index (χ0) is 11.4. The van der Waals surface area contributed by atoms with Gasteiger partial charge in [-0.15, -0.1) is 0 Å². The monoisotopic (exact) mass is 231 g/mol. The maximum Gasteiger partial charge on any atom is 0.151 e. The normalized spacial score (nSPS) is 10.8. The first-order valence-corrected chi connectivity index (χ1v) is 5.14. The van der Waals surface area contributed by atoms with Crippen molar-refractivity contribution >= 4 is 29.3 Å². The molecule has 0 saturated heterocycles. The Labute approximate surface area is 98.6 Å². The Bertz CT molecular complexity index is 509. The van der Waals surface area contributed by atoms with Gasteiger partial charge in [0.2, 0.25) is 0 Å². The Morgan fingerprint density at radius 1 is 1.12 bits per heavy atom. The Morgan fingerprint density at radius 3 is 2.56 bits per heavy atom. The van der Waals surface area contributed by atoms with E-state index in [1.54, 1.807) is 18.3 Å². The third kappa shape index (κ3) is 2.58. The zero-order valence-corrected chi connectivity index (χ0v) is 9.22. The summed E-state index contributed by atoms with van der Waals surface area (Å²) < 4.78 is 0. The lowest BCUT2D eigenvalue weighted by atomic mass is 10.2. The number of nitrogens with zero attached hydrogens (tertiary/aromatic N) is 2. The number of pyridine rings is 1. The fourth-order valence-electron chi connectivity index (χ4n) is 1.24. The van der Waals surface area contributed by atoms with Crippen LogP contribution in [0.4, 0.5) is 11.5 Å². The van der Waals surface area contributed by atoms with Crippen molar-refractivity contribution in [3.63, 3.8) is 0 Å². The fourth-order valence-corrected chi connectivity index (χ4v) is 1.39. The van der Waals surface area contributed by atoms with Gasteiger partial charge in [0, 0.05) is 6.21 Å². The van der Waals surface area contributed by atoms with Crippen LogP contribution in [-0.2, 0) is 0 Å². The van der Waals surface area contributed by atoms with Crippen LogP contribution < -0.4 is 5.73 Å². The molecule has 0 aliphatic rings. The Kier molecular flexibility index (Phi) is 3.17. The second-order valence-corrected chi connectivity index (χ2v) is 3.59. The van der Waals surface area contributed by atoms with Gasteiger partial charge >= 0.3 is 0 Å². The number of benzene rings is 1. The van der Waals surface area contributed by atoms with E-state index in [2.05, 4.69) is 9.98 Å². The first kappa shape index (κ1) is 10.6. The first-order valence-electron chi connectivity index (χ1n) is 4.77. The molecule has 3 nitrogen and oxygen atoms in total. The first-order chi connectivity index (χ1) is 7.75. The highest BCUT2D eigenvalue weighted by Gasteiger charge is 1.98. The predicted octanol–water partition coefficient (Wildman–Crippen LogP) is 3.07. The third-order valence-electron chi connectivity index (χ3n) is 2.02. The van der Waals surface area contributed by atoms with Crippen LogP contribution in [0.3, 0.4) is 0 Å². The number of anilines is 1. The van der Waals surface area contributed by atoms with E-state index in [4.69, 9.17) is 17.3 Å². The molecule has 0 fully saturated rings. The highest BCUT2D eigenvalue weighted by molar-refractivity contribution is 6.29. The van der Waals surface area contributed by atoms with Gasteiger partial charge in [0.25, 0.3) is 0 Å². The summed E-state index contributed by atoms with van der Waals surface area (Å²) in [6.45, 7) is 0. The van der Waals surface area contributed by atoms with Gasteiger partial charge < -0.3 is 5.73 Å². The van der Waals surface area contributed by atoms with Crippen molar-refractivity contribution in [3.05, 3.63) is 53.2 Å². The number of nitrogen functional groups attached to an aromatic ring is 1. The number of rotatable bonds is 2. The number of hydrogen-bond donors (Lipinski definition) is 1. The molecular formula is C12H10ClN3. The summed E-state index contributed by atoms with van der Waals surface area (Å²) >= 11 is 5.69. The van der Waals surface area contributed by atoms with Crippen LogP contribution in [0.15, 0.2) is 47.5 Å². The van der Waals surface area contributed by atoms with E-state index in [9.17, 15) is 0 Å². The van der Waals surface area contributed by atoms with Gasteiger partial charge in [0.05, 0.1) is 0 Å². The second-order valence-electron chi connectivity index (χ2n) is 3.21. The van der Waals surface area contributed by atoms with Crippen LogP contribution in [0.25, 0.3) is 0 Å². The van der Waals surface area contributed by atoms with Gasteiger partial charge in [-0.25, -0.2) is 4.98 Å². The molecule has 0 saturated carbocycles. The quantitative estimate of drug-likeness (QED) is 0.638. The van der Waals surface area contributed by atoms with E-state index in [-0.39, 0.29) is 0 Å². The van der Waals surface area contributed by atoms with E-state index < -0.39 is 0 Å². The molecule has 80 valence electrons. The van der Waals surface area contributed by atoms with Crippen LogP contribution in [0.1, 0.15) is 5.56 Å². The van der Waals surface area contributed by atoms with Gasteiger partial charge in [-0.3, -0.25) is 4.99 Å². The number of aromatic nitrogens is 1. The van der Waals surface area contributed by atoms with Crippen LogP contribution in [0.5, 0.6) is 0 Å². The molecule has 0 amide bonds. The summed E-state index contributed by atoms with van der Waals surface area (Å²) in [7, 11) is 0. The van der Waals surface area contributed by atoms with Crippen LogP contribution in [0, 0.1) is 0 Å². The summed E-state index contributed by atoms with van der Waals surface area (Å²) in [6, 6.07) is 13.2. The Morgan fingerprint density at radius 2 is 1.88 bits per heavy atom. The van der Waals surface area contributed by atoms with Crippen LogP contribution >= 0.6 is 11.6 Å². The third-order valence-corrected chi connectivity index (χ3v) is 2.23. The lowest BCUT2D eigenvalue weighted by molar-refractivity contribution is 1.32. The number of aliphatic imine (C=N–C) groups is 1. The summed E-state index contributed by atoms with van der Waals surface area (Å²) in [5, 5.41) is 0.371. The molecule has 1 aromatic carbocycles.